The van der Waals surface area contributed by atoms with Crippen molar-refractivity contribution in [3.8, 4) is 34.1 Å². The minimum absolute atomic E-state index is 0.0655. The topological polar surface area (TPSA) is 101 Å². The number of aryl methyl sites for hydroxylation is 1. The summed E-state index contributed by atoms with van der Waals surface area (Å²) in [6.07, 6.45) is -3.50. The van der Waals surface area contributed by atoms with Crippen LogP contribution >= 0.6 is 11.6 Å². The van der Waals surface area contributed by atoms with E-state index in [9.17, 15) is 28.0 Å². The van der Waals surface area contributed by atoms with E-state index >= 15 is 0 Å². The Bertz CT molecular complexity index is 2340. The quantitative estimate of drug-likeness (QED) is 0.196. The number of benzene rings is 4. The lowest BCUT2D eigenvalue weighted by atomic mass is 10.00. The fourth-order valence-corrected chi connectivity index (χ4v) is 6.76. The van der Waals surface area contributed by atoms with Gasteiger partial charge in [-0.05, 0) is 78.2 Å². The molecule has 2 amide bonds. The molecular formula is C38H29ClF3N5O3. The highest BCUT2D eigenvalue weighted by atomic mass is 35.5. The Kier molecular flexibility index (Phi) is 8.49. The maximum atomic E-state index is 12.8. The number of nitriles is 1. The van der Waals surface area contributed by atoms with E-state index in [-0.39, 0.29) is 11.8 Å². The molecule has 8 nitrogen and oxygen atoms in total. The number of hydrogen-bond acceptors (Lipinski definition) is 4. The summed E-state index contributed by atoms with van der Waals surface area (Å²) in [5.41, 5.74) is 6.15. The Hall–Kier alpha value is -5.73. The van der Waals surface area contributed by atoms with Crippen molar-refractivity contribution in [2.45, 2.75) is 25.7 Å². The highest BCUT2D eigenvalue weighted by molar-refractivity contribution is 6.30. The molecule has 6 aromatic rings. The molecule has 0 saturated heterocycles. The first-order valence-electron chi connectivity index (χ1n) is 15.8. The van der Waals surface area contributed by atoms with E-state index in [0.29, 0.717) is 52.9 Å². The molecule has 2 aromatic heterocycles. The van der Waals surface area contributed by atoms with Crippen LogP contribution in [0.15, 0.2) is 84.9 Å². The van der Waals surface area contributed by atoms with Crippen LogP contribution in [0.5, 0.6) is 5.75 Å². The average Bonchev–Trinajstić information content (AvgIpc) is 3.63. The molecule has 0 fully saturated rings. The number of carbonyl (C=O) groups is 2. The summed E-state index contributed by atoms with van der Waals surface area (Å²) in [7, 11) is 1.53. The van der Waals surface area contributed by atoms with Gasteiger partial charge >= 0.3 is 6.18 Å². The minimum Gasteiger partial charge on any atom is -0.497 e. The van der Waals surface area contributed by atoms with Gasteiger partial charge in [0.2, 0.25) is 0 Å². The minimum atomic E-state index is -4.38. The second-order valence-electron chi connectivity index (χ2n) is 12.0. The first-order chi connectivity index (χ1) is 24.0. The number of amides is 2. The van der Waals surface area contributed by atoms with Crippen LogP contribution in [-0.4, -0.2) is 41.1 Å². The lowest BCUT2D eigenvalue weighted by molar-refractivity contribution is -0.137. The molecule has 4 aromatic carbocycles. The van der Waals surface area contributed by atoms with Gasteiger partial charge < -0.3 is 24.5 Å². The van der Waals surface area contributed by atoms with Crippen LogP contribution in [0.25, 0.3) is 44.1 Å². The number of rotatable bonds is 3. The van der Waals surface area contributed by atoms with Gasteiger partial charge in [0, 0.05) is 53.1 Å². The molecule has 8 rings (SSSR count). The first-order valence-corrected chi connectivity index (χ1v) is 16.2. The predicted molar refractivity (Wildman–Crippen MR) is 185 cm³/mol. The van der Waals surface area contributed by atoms with Gasteiger partial charge in [-0.15, -0.1) is 0 Å². The molecule has 0 unspecified atom stereocenters. The van der Waals surface area contributed by atoms with Gasteiger partial charge in [-0.2, -0.15) is 18.4 Å². The second-order valence-corrected chi connectivity index (χ2v) is 12.4. The number of alkyl halides is 3. The zero-order valence-electron chi connectivity index (χ0n) is 26.7. The lowest BCUT2D eigenvalue weighted by Gasteiger charge is -2.18. The van der Waals surface area contributed by atoms with E-state index < -0.39 is 11.7 Å². The highest BCUT2D eigenvalue weighted by Gasteiger charge is 2.30. The molecule has 12 heteroatoms. The van der Waals surface area contributed by atoms with Crippen molar-refractivity contribution in [1.82, 2.24) is 19.8 Å². The van der Waals surface area contributed by atoms with Crippen LogP contribution in [0, 0.1) is 11.3 Å². The maximum Gasteiger partial charge on any atom is 0.416 e. The van der Waals surface area contributed by atoms with Crippen molar-refractivity contribution < 1.29 is 27.5 Å². The average molecular weight is 696 g/mol. The third-order valence-electron chi connectivity index (χ3n) is 8.93. The van der Waals surface area contributed by atoms with Crippen LogP contribution in [0.2, 0.25) is 5.02 Å². The van der Waals surface area contributed by atoms with E-state index in [2.05, 4.69) is 21.3 Å². The van der Waals surface area contributed by atoms with Gasteiger partial charge in [0.1, 0.15) is 17.1 Å². The van der Waals surface area contributed by atoms with Crippen molar-refractivity contribution in [3.63, 3.8) is 0 Å². The molecule has 0 radical (unpaired) electrons. The number of ether oxygens (including phenoxy) is 1. The molecule has 0 bridgehead atoms. The number of hydrogen-bond donors (Lipinski definition) is 2. The molecule has 0 spiro atoms. The SMILES string of the molecule is COc1cc(-c2ccc(C(F)(F)F)cc2)c2c(c1)cc1n2CCNC1=O.N#Cc1cc(-c2ccc(Cl)cc2)c2c(c1)cc1n2CCCNC1=O. The molecule has 0 aliphatic carbocycles. The molecule has 252 valence electrons. The predicted octanol–water partition coefficient (Wildman–Crippen LogP) is 8.05. The summed E-state index contributed by atoms with van der Waals surface area (Å²) < 4.78 is 47.8. The Balaban J connectivity index is 0.000000157. The third-order valence-corrected chi connectivity index (χ3v) is 9.18. The molecule has 0 atom stereocenters. The van der Waals surface area contributed by atoms with E-state index in [1.165, 1.54) is 19.2 Å². The van der Waals surface area contributed by atoms with Crippen molar-refractivity contribution in [2.24, 2.45) is 0 Å². The summed E-state index contributed by atoms with van der Waals surface area (Å²) >= 11 is 6.00. The van der Waals surface area contributed by atoms with Crippen LogP contribution < -0.4 is 15.4 Å². The van der Waals surface area contributed by atoms with Gasteiger partial charge in [-0.1, -0.05) is 35.9 Å². The third kappa shape index (κ3) is 6.03. The summed E-state index contributed by atoms with van der Waals surface area (Å²) in [5.74, 6) is 0.352. The molecular weight excluding hydrogens is 667 g/mol. The first kappa shape index (κ1) is 32.8. The number of aromatic nitrogens is 2. The van der Waals surface area contributed by atoms with Crippen LogP contribution in [0.1, 0.15) is 38.5 Å². The van der Waals surface area contributed by atoms with Gasteiger partial charge in [0.15, 0.2) is 0 Å². The smallest absolute Gasteiger partial charge is 0.416 e. The monoisotopic (exact) mass is 695 g/mol. The number of carbonyl (C=O) groups excluding carboxylic acids is 2. The van der Waals surface area contributed by atoms with Crippen LogP contribution in [0.4, 0.5) is 13.2 Å². The van der Waals surface area contributed by atoms with Gasteiger partial charge in [0.25, 0.3) is 11.8 Å². The number of halogens is 4. The zero-order valence-corrected chi connectivity index (χ0v) is 27.5. The van der Waals surface area contributed by atoms with Crippen molar-refractivity contribution in [1.29, 1.82) is 5.26 Å². The summed E-state index contributed by atoms with van der Waals surface area (Å²) in [4.78, 5) is 24.4. The van der Waals surface area contributed by atoms with E-state index in [1.54, 1.807) is 12.1 Å². The molecule has 50 heavy (non-hydrogen) atoms. The van der Waals surface area contributed by atoms with Crippen LogP contribution in [-0.2, 0) is 19.3 Å². The Morgan fingerprint density at radius 2 is 1.32 bits per heavy atom. The van der Waals surface area contributed by atoms with Gasteiger partial charge in [0.05, 0.1) is 35.3 Å². The fraction of sp³-hybridized carbons (Fsp3) is 0.184. The molecule has 0 saturated carbocycles. The Labute approximate surface area is 289 Å². The molecule has 2 aliphatic rings. The standard InChI is InChI=1S/C19H14ClN3O.C19H15F3N2O2/c20-15-4-2-13(3-5-15)16-9-12(11-21)8-14-10-17-19(24)22-6-1-7-23(17)18(14)16;1-26-14-8-12-9-16-18(25)23-6-7-24(16)17(12)15(10-14)11-2-4-13(5-3-11)19(20,21)22/h2-5,8-10H,1,6-7H2,(H,22,24);2-5,8-10H,6-7H2,1H3,(H,23,25). The largest absolute Gasteiger partial charge is 0.497 e. The van der Waals surface area contributed by atoms with E-state index in [1.807, 2.05) is 53.1 Å². The zero-order chi connectivity index (χ0) is 35.2. The van der Waals surface area contributed by atoms with Crippen molar-refractivity contribution in [3.05, 3.63) is 112 Å². The van der Waals surface area contributed by atoms with E-state index in [0.717, 1.165) is 63.6 Å². The number of nitrogens with zero attached hydrogens (tertiary/aromatic N) is 3. The number of methoxy groups -OCH3 is 1. The molecule has 2 aliphatic heterocycles. The second kappa shape index (κ2) is 12.9. The Morgan fingerprint density at radius 1 is 0.760 bits per heavy atom. The Morgan fingerprint density at radius 3 is 1.92 bits per heavy atom. The summed E-state index contributed by atoms with van der Waals surface area (Å²) in [6.45, 7) is 2.55. The van der Waals surface area contributed by atoms with E-state index in [4.69, 9.17) is 16.3 Å². The summed E-state index contributed by atoms with van der Waals surface area (Å²) in [5, 5.41) is 17.5. The van der Waals surface area contributed by atoms with Crippen molar-refractivity contribution in [2.75, 3.05) is 20.2 Å². The fourth-order valence-electron chi connectivity index (χ4n) is 6.63. The summed E-state index contributed by atoms with van der Waals surface area (Å²) in [6, 6.07) is 25.7. The molecule has 4 heterocycles. The lowest BCUT2D eigenvalue weighted by Crippen LogP contribution is -2.34. The van der Waals surface area contributed by atoms with Gasteiger partial charge in [-0.3, -0.25) is 9.59 Å². The normalized spacial score (nSPS) is 14.1. The number of fused-ring (bicyclic) bond motifs is 6. The highest BCUT2D eigenvalue weighted by Crippen LogP contribution is 2.38. The molecule has 2 N–H and O–H groups in total. The number of nitrogens with one attached hydrogen (secondary N) is 2. The van der Waals surface area contributed by atoms with Crippen molar-refractivity contribution >= 4 is 45.2 Å². The maximum absolute atomic E-state index is 12.8. The van der Waals surface area contributed by atoms with Gasteiger partial charge in [-0.25, -0.2) is 0 Å². The van der Waals surface area contributed by atoms with Crippen LogP contribution in [0.3, 0.4) is 0 Å².